The van der Waals surface area contributed by atoms with Gasteiger partial charge in [0.2, 0.25) is 0 Å². The summed E-state index contributed by atoms with van der Waals surface area (Å²) in [7, 11) is -3.85. The lowest BCUT2D eigenvalue weighted by Crippen LogP contribution is -2.49. The number of hydrogen-bond acceptors (Lipinski definition) is 4. The highest BCUT2D eigenvalue weighted by molar-refractivity contribution is 7.92. The first kappa shape index (κ1) is 22.2. The number of piperazine rings is 1. The second-order valence-electron chi connectivity index (χ2n) is 7.70. The van der Waals surface area contributed by atoms with Crippen LogP contribution < -0.4 is 9.62 Å². The molecule has 1 heterocycles. The van der Waals surface area contributed by atoms with Gasteiger partial charge in [-0.05, 0) is 61.0 Å². The van der Waals surface area contributed by atoms with Gasteiger partial charge in [-0.3, -0.25) is 9.52 Å². The van der Waals surface area contributed by atoms with Gasteiger partial charge < -0.3 is 9.80 Å². The summed E-state index contributed by atoms with van der Waals surface area (Å²) >= 11 is 5.87. The molecule has 6 nitrogen and oxygen atoms in total. The number of hydrogen-bond donors (Lipinski definition) is 1. The Labute approximate surface area is 193 Å². The van der Waals surface area contributed by atoms with E-state index < -0.39 is 10.0 Å². The van der Waals surface area contributed by atoms with Crippen molar-refractivity contribution in [1.82, 2.24) is 4.90 Å². The van der Waals surface area contributed by atoms with Gasteiger partial charge in [-0.15, -0.1) is 0 Å². The van der Waals surface area contributed by atoms with E-state index in [1.54, 1.807) is 35.2 Å². The van der Waals surface area contributed by atoms with E-state index in [9.17, 15) is 13.2 Å². The number of amides is 1. The zero-order valence-electron chi connectivity index (χ0n) is 17.7. The van der Waals surface area contributed by atoms with Gasteiger partial charge >= 0.3 is 0 Å². The maximum atomic E-state index is 13.2. The molecule has 166 valence electrons. The van der Waals surface area contributed by atoms with E-state index in [1.165, 1.54) is 12.1 Å². The van der Waals surface area contributed by atoms with Gasteiger partial charge in [0.15, 0.2) is 0 Å². The molecule has 0 aliphatic carbocycles. The number of carbonyl (C=O) groups excluding carboxylic acids is 1. The number of anilines is 2. The van der Waals surface area contributed by atoms with Crippen LogP contribution in [0.2, 0.25) is 5.02 Å². The van der Waals surface area contributed by atoms with Crippen molar-refractivity contribution in [1.29, 1.82) is 0 Å². The fourth-order valence-electron chi connectivity index (χ4n) is 3.71. The molecule has 3 aromatic rings. The molecule has 1 aliphatic rings. The largest absolute Gasteiger partial charge is 0.368 e. The molecule has 32 heavy (non-hydrogen) atoms. The third kappa shape index (κ3) is 4.89. The van der Waals surface area contributed by atoms with Crippen molar-refractivity contribution >= 4 is 38.9 Å². The minimum absolute atomic E-state index is 0.0457. The lowest BCUT2D eigenvalue weighted by atomic mass is 10.1. The molecule has 1 amide bonds. The molecule has 0 aromatic heterocycles. The Kier molecular flexibility index (Phi) is 6.39. The Morgan fingerprint density at radius 3 is 2.22 bits per heavy atom. The van der Waals surface area contributed by atoms with Crippen molar-refractivity contribution in [2.75, 3.05) is 35.8 Å². The lowest BCUT2D eigenvalue weighted by Gasteiger charge is -2.36. The fourth-order valence-corrected chi connectivity index (χ4v) is 4.92. The summed E-state index contributed by atoms with van der Waals surface area (Å²) in [5.41, 5.74) is 2.68. The van der Waals surface area contributed by atoms with Crippen molar-refractivity contribution in [3.63, 3.8) is 0 Å². The van der Waals surface area contributed by atoms with Crippen LogP contribution in [0.15, 0.2) is 77.7 Å². The average molecular weight is 470 g/mol. The summed E-state index contributed by atoms with van der Waals surface area (Å²) in [5, 5.41) is 0.517. The third-order valence-corrected chi connectivity index (χ3v) is 7.17. The van der Waals surface area contributed by atoms with Gasteiger partial charge in [0.05, 0.1) is 4.90 Å². The van der Waals surface area contributed by atoms with Crippen LogP contribution in [0.5, 0.6) is 0 Å². The van der Waals surface area contributed by atoms with Crippen LogP contribution in [0.25, 0.3) is 0 Å². The summed E-state index contributed by atoms with van der Waals surface area (Å²) in [6.45, 7) is 4.42. The predicted octanol–water partition coefficient (Wildman–Crippen LogP) is 4.41. The molecular formula is C24H24ClN3O3S. The zero-order valence-corrected chi connectivity index (χ0v) is 19.2. The number of rotatable bonds is 5. The first-order valence-electron chi connectivity index (χ1n) is 10.3. The molecule has 0 saturated carbocycles. The average Bonchev–Trinajstić information content (AvgIpc) is 2.81. The van der Waals surface area contributed by atoms with E-state index in [0.717, 1.165) is 24.3 Å². The highest BCUT2D eigenvalue weighted by atomic mass is 35.5. The topological polar surface area (TPSA) is 69.7 Å². The SMILES string of the molecule is Cc1ccc(S(=O)(=O)Nc2ccc(Cl)cc2)cc1C(=O)N1CCN(c2ccccc2)CC1. The summed E-state index contributed by atoms with van der Waals surface area (Å²) in [4.78, 5) is 17.3. The molecule has 0 atom stereocenters. The van der Waals surface area contributed by atoms with Gasteiger partial charge in [0.1, 0.15) is 0 Å². The van der Waals surface area contributed by atoms with E-state index in [1.807, 2.05) is 25.1 Å². The van der Waals surface area contributed by atoms with Crippen molar-refractivity contribution in [2.45, 2.75) is 11.8 Å². The molecule has 8 heteroatoms. The van der Waals surface area contributed by atoms with E-state index in [4.69, 9.17) is 11.6 Å². The first-order valence-corrected chi connectivity index (χ1v) is 12.2. The Bertz CT molecular complexity index is 1210. The van der Waals surface area contributed by atoms with Crippen LogP contribution in [-0.2, 0) is 10.0 Å². The number of carbonyl (C=O) groups is 1. The zero-order chi connectivity index (χ0) is 22.7. The number of para-hydroxylation sites is 1. The van der Waals surface area contributed by atoms with Crippen molar-refractivity contribution in [2.24, 2.45) is 0 Å². The number of aryl methyl sites for hydroxylation is 1. The standard InChI is InChI=1S/C24H24ClN3O3S/c1-18-7-12-22(32(30,31)26-20-10-8-19(25)9-11-20)17-23(18)24(29)28-15-13-27(14-16-28)21-5-3-2-4-6-21/h2-12,17,26H,13-16H2,1H3. The predicted molar refractivity (Wildman–Crippen MR) is 128 cm³/mol. The maximum absolute atomic E-state index is 13.2. The van der Waals surface area contributed by atoms with Crippen LogP contribution in [0.3, 0.4) is 0 Å². The monoisotopic (exact) mass is 469 g/mol. The van der Waals surface area contributed by atoms with Crippen LogP contribution in [-0.4, -0.2) is 45.4 Å². The highest BCUT2D eigenvalue weighted by Gasteiger charge is 2.25. The summed E-state index contributed by atoms with van der Waals surface area (Å²) in [6.07, 6.45) is 0. The third-order valence-electron chi connectivity index (χ3n) is 5.53. The minimum atomic E-state index is -3.85. The van der Waals surface area contributed by atoms with Gasteiger partial charge in [0, 0.05) is 48.1 Å². The Hall–Kier alpha value is -3.03. The number of benzene rings is 3. The highest BCUT2D eigenvalue weighted by Crippen LogP contribution is 2.23. The number of sulfonamides is 1. The molecule has 4 rings (SSSR count). The molecule has 1 saturated heterocycles. The van der Waals surface area contributed by atoms with Gasteiger partial charge in [0.25, 0.3) is 15.9 Å². The first-order chi connectivity index (χ1) is 15.3. The van der Waals surface area contributed by atoms with Gasteiger partial charge in [-0.25, -0.2) is 8.42 Å². The smallest absolute Gasteiger partial charge is 0.261 e. The van der Waals surface area contributed by atoms with E-state index in [0.29, 0.717) is 29.4 Å². The molecule has 3 aromatic carbocycles. The maximum Gasteiger partial charge on any atom is 0.261 e. The second-order valence-corrected chi connectivity index (χ2v) is 9.82. The van der Waals surface area contributed by atoms with Crippen LogP contribution in [0, 0.1) is 6.92 Å². The van der Waals surface area contributed by atoms with Crippen LogP contribution >= 0.6 is 11.6 Å². The number of halogens is 1. The molecule has 1 N–H and O–H groups in total. The summed E-state index contributed by atoms with van der Waals surface area (Å²) in [5.74, 6) is -0.154. The fraction of sp³-hybridized carbons (Fsp3) is 0.208. The molecule has 0 bridgehead atoms. The lowest BCUT2D eigenvalue weighted by molar-refractivity contribution is 0.0746. The number of nitrogens with one attached hydrogen (secondary N) is 1. The Morgan fingerprint density at radius 1 is 0.906 bits per heavy atom. The van der Waals surface area contributed by atoms with Crippen LogP contribution in [0.4, 0.5) is 11.4 Å². The molecule has 0 spiro atoms. The van der Waals surface area contributed by atoms with E-state index in [-0.39, 0.29) is 10.8 Å². The molecule has 0 radical (unpaired) electrons. The van der Waals surface area contributed by atoms with Crippen molar-refractivity contribution < 1.29 is 13.2 Å². The quantitative estimate of drug-likeness (QED) is 0.600. The normalized spacial score (nSPS) is 14.3. The van der Waals surface area contributed by atoms with E-state index in [2.05, 4.69) is 21.8 Å². The van der Waals surface area contributed by atoms with Crippen molar-refractivity contribution in [3.8, 4) is 0 Å². The second kappa shape index (κ2) is 9.22. The van der Waals surface area contributed by atoms with Gasteiger partial charge in [-0.2, -0.15) is 0 Å². The minimum Gasteiger partial charge on any atom is -0.368 e. The summed E-state index contributed by atoms with van der Waals surface area (Å²) in [6, 6.07) is 21.1. The number of nitrogens with zero attached hydrogens (tertiary/aromatic N) is 2. The molecule has 0 unspecified atom stereocenters. The van der Waals surface area contributed by atoms with Gasteiger partial charge in [-0.1, -0.05) is 35.9 Å². The van der Waals surface area contributed by atoms with Crippen molar-refractivity contribution in [3.05, 3.63) is 88.9 Å². The summed E-state index contributed by atoms with van der Waals surface area (Å²) < 4.78 is 28.3. The Morgan fingerprint density at radius 2 is 1.56 bits per heavy atom. The van der Waals surface area contributed by atoms with Crippen LogP contribution in [0.1, 0.15) is 15.9 Å². The molecule has 1 fully saturated rings. The van der Waals surface area contributed by atoms with E-state index >= 15 is 0 Å². The molecular weight excluding hydrogens is 446 g/mol. The Balaban J connectivity index is 1.50. The molecule has 1 aliphatic heterocycles.